The van der Waals surface area contributed by atoms with Gasteiger partial charge in [-0.25, -0.2) is 14.8 Å². The molecule has 5 rings (SSSR count). The van der Waals surface area contributed by atoms with Crippen LogP contribution in [0.25, 0.3) is 50.4 Å². The first-order valence-corrected chi connectivity index (χ1v) is 14.2. The average Bonchev–Trinajstić information content (AvgIpc) is 3.61. The molecule has 0 aromatic carbocycles. The molecule has 0 unspecified atom stereocenters. The maximum absolute atomic E-state index is 12.6. The summed E-state index contributed by atoms with van der Waals surface area (Å²) in [6.07, 6.45) is 3.54. The zero-order valence-corrected chi connectivity index (χ0v) is 26.8. The van der Waals surface area contributed by atoms with Crippen LogP contribution < -0.4 is 9.97 Å². The van der Waals surface area contributed by atoms with Gasteiger partial charge in [-0.05, 0) is 74.0 Å². The predicted molar refractivity (Wildman–Crippen MR) is 167 cm³/mol. The van der Waals surface area contributed by atoms with Gasteiger partial charge in [-0.15, -0.1) is 22.1 Å². The van der Waals surface area contributed by atoms with Gasteiger partial charge in [-0.2, -0.15) is 0 Å². The second-order valence-electron chi connectivity index (χ2n) is 10.8. The minimum absolute atomic E-state index is 0. The summed E-state index contributed by atoms with van der Waals surface area (Å²) >= 11 is 0. The first-order valence-electron chi connectivity index (χ1n) is 14.2. The minimum atomic E-state index is -1.17. The third-order valence-corrected chi connectivity index (χ3v) is 8.27. The summed E-state index contributed by atoms with van der Waals surface area (Å²) in [7, 11) is 0. The van der Waals surface area contributed by atoms with E-state index in [1.807, 2.05) is 39.8 Å². The number of aliphatic carboxylic acids is 1. The van der Waals surface area contributed by atoms with E-state index in [-0.39, 0.29) is 36.1 Å². The van der Waals surface area contributed by atoms with E-state index in [0.717, 1.165) is 56.6 Å². The van der Waals surface area contributed by atoms with Crippen LogP contribution in [-0.2, 0) is 30.7 Å². The Bertz CT molecular complexity index is 1920. The van der Waals surface area contributed by atoms with Crippen molar-refractivity contribution in [3.8, 4) is 0 Å². The zero-order valence-electron chi connectivity index (χ0n) is 25.2. The summed E-state index contributed by atoms with van der Waals surface area (Å²) in [5, 5.41) is 20.3. The van der Waals surface area contributed by atoms with Crippen LogP contribution in [0.4, 0.5) is 0 Å². The number of carbonyl (C=O) groups is 2. The topological polar surface area (TPSA) is 129 Å². The van der Waals surface area contributed by atoms with Gasteiger partial charge in [-0.1, -0.05) is 62.2 Å². The van der Waals surface area contributed by atoms with Crippen LogP contribution in [0.3, 0.4) is 0 Å². The third kappa shape index (κ3) is 5.42. The minimum Gasteiger partial charge on any atom is -0.657 e. The number of aromatic carboxylic acids is 1. The molecule has 3 aromatic rings. The quantitative estimate of drug-likeness (QED) is 0.253. The van der Waals surface area contributed by atoms with Crippen molar-refractivity contribution in [1.29, 1.82) is 0 Å². The molecule has 0 atom stereocenters. The Morgan fingerprint density at radius 1 is 0.860 bits per heavy atom. The molecule has 8 nitrogen and oxygen atoms in total. The van der Waals surface area contributed by atoms with E-state index in [9.17, 15) is 19.8 Å². The molecule has 3 aromatic heterocycles. The first-order chi connectivity index (χ1) is 20.0. The summed E-state index contributed by atoms with van der Waals surface area (Å²) in [6, 6.07) is 5.69. The van der Waals surface area contributed by atoms with E-state index >= 15 is 0 Å². The SMILES string of the molecule is C=Cc1c(C)c2cc3nc(c(CC(=O)O)c4[n-]c(cc5nc(cc1[n-]2)C(C)=C5CC)c(C)c4C(=O)O)C(CCC)=C3C.[Rh+2]. The zero-order chi connectivity index (χ0) is 30.5. The number of fused-ring (bicyclic) bond motifs is 8. The Kier molecular flexibility index (Phi) is 9.07. The van der Waals surface area contributed by atoms with Crippen LogP contribution in [0.1, 0.15) is 102 Å². The Morgan fingerprint density at radius 3 is 2.07 bits per heavy atom. The van der Waals surface area contributed by atoms with Crippen LogP contribution in [0.15, 0.2) is 24.8 Å². The number of carboxylic acids is 2. The monoisotopic (exact) mass is 665 g/mol. The van der Waals surface area contributed by atoms with Crippen molar-refractivity contribution in [2.24, 2.45) is 0 Å². The Labute approximate surface area is 263 Å². The molecule has 8 bridgehead atoms. The third-order valence-electron chi connectivity index (χ3n) is 8.27. The van der Waals surface area contributed by atoms with Gasteiger partial charge in [0.05, 0.1) is 29.2 Å². The molecule has 0 amide bonds. The van der Waals surface area contributed by atoms with Gasteiger partial charge in [0.1, 0.15) is 0 Å². The summed E-state index contributed by atoms with van der Waals surface area (Å²) in [6.45, 7) is 15.8. The fourth-order valence-electron chi connectivity index (χ4n) is 6.00. The molecule has 0 fully saturated rings. The Balaban J connectivity index is 0.00000423. The van der Waals surface area contributed by atoms with Crippen LogP contribution >= 0.6 is 0 Å². The molecule has 0 aliphatic carbocycles. The van der Waals surface area contributed by atoms with Crippen LogP contribution in [-0.4, -0.2) is 32.1 Å². The molecule has 2 aliphatic rings. The normalized spacial score (nSPS) is 12.9. The summed E-state index contributed by atoms with van der Waals surface area (Å²) in [5.41, 5.74) is 11.1. The Hall–Kier alpha value is -4.10. The molecular formula is C34H34N4O4Rh. The van der Waals surface area contributed by atoms with Crippen LogP contribution in [0.5, 0.6) is 0 Å². The van der Waals surface area contributed by atoms with E-state index < -0.39 is 18.4 Å². The molecule has 5 heterocycles. The van der Waals surface area contributed by atoms with Gasteiger partial charge in [0.25, 0.3) is 0 Å². The number of nitrogens with zero attached hydrogens (tertiary/aromatic N) is 4. The number of hydrogen-bond acceptors (Lipinski definition) is 4. The van der Waals surface area contributed by atoms with E-state index in [1.165, 1.54) is 0 Å². The number of allylic oxidation sites excluding steroid dienone is 4. The molecular weight excluding hydrogens is 631 g/mol. The van der Waals surface area contributed by atoms with Crippen molar-refractivity contribution < 1.29 is 39.3 Å². The summed E-state index contributed by atoms with van der Waals surface area (Å²) in [4.78, 5) is 44.5. The van der Waals surface area contributed by atoms with E-state index in [4.69, 9.17) is 19.9 Å². The molecule has 1 radical (unpaired) electrons. The molecule has 2 N–H and O–H groups in total. The molecule has 43 heavy (non-hydrogen) atoms. The molecule has 2 aliphatic heterocycles. The molecule has 0 saturated carbocycles. The van der Waals surface area contributed by atoms with E-state index in [1.54, 1.807) is 19.1 Å². The number of rotatable bonds is 7. The maximum atomic E-state index is 12.6. The number of carboxylic acid groups (broad SMARTS) is 2. The van der Waals surface area contributed by atoms with Gasteiger partial charge >= 0.3 is 31.4 Å². The molecule has 0 saturated heterocycles. The van der Waals surface area contributed by atoms with Crippen LogP contribution in [0, 0.1) is 13.8 Å². The summed E-state index contributed by atoms with van der Waals surface area (Å²) in [5.74, 6) is -2.26. The maximum Gasteiger partial charge on any atom is 2.00 e. The first kappa shape index (κ1) is 31.8. The van der Waals surface area contributed by atoms with Crippen LogP contribution in [0.2, 0.25) is 0 Å². The van der Waals surface area contributed by atoms with Crippen molar-refractivity contribution in [1.82, 2.24) is 19.9 Å². The van der Waals surface area contributed by atoms with Gasteiger partial charge in [0, 0.05) is 5.56 Å². The molecule has 9 heteroatoms. The predicted octanol–water partition coefficient (Wildman–Crippen LogP) is 7.23. The van der Waals surface area contributed by atoms with Crippen molar-refractivity contribution in [3.05, 3.63) is 75.4 Å². The van der Waals surface area contributed by atoms with Crippen molar-refractivity contribution >= 4 is 62.4 Å². The van der Waals surface area contributed by atoms with Gasteiger partial charge in [0.15, 0.2) is 0 Å². The fraction of sp³-hybridized carbons (Fsp3) is 0.294. The average molecular weight is 666 g/mol. The molecule has 223 valence electrons. The number of aryl methyl sites for hydroxylation is 2. The standard InChI is InChI=1S/C34H36N4O4.Rh/c1-8-11-22-18(6)26-13-24-16(4)20(9-2)28(35-24)14-25-17(5)21(10-3)29(36-25)15-27-19(7)31(34(41)42)33(38-27)23(12-30(39)40)32(22)37-26;/h9,13-15H,2,8,10-12H2,1,3-7H3,(H4,35,36,37,38,39,40,41,42);/q;+2/p-2. The van der Waals surface area contributed by atoms with E-state index in [0.29, 0.717) is 41.0 Å². The largest absolute Gasteiger partial charge is 2.00 e. The van der Waals surface area contributed by atoms with Gasteiger partial charge in [-0.3, -0.25) is 4.79 Å². The fourth-order valence-corrected chi connectivity index (χ4v) is 6.00. The second-order valence-corrected chi connectivity index (χ2v) is 10.8. The molecule has 0 spiro atoms. The Morgan fingerprint density at radius 2 is 1.47 bits per heavy atom. The van der Waals surface area contributed by atoms with Gasteiger partial charge < -0.3 is 20.2 Å². The van der Waals surface area contributed by atoms with E-state index in [2.05, 4.69) is 13.5 Å². The smallest absolute Gasteiger partial charge is 0.657 e. The van der Waals surface area contributed by atoms with Crippen molar-refractivity contribution in [3.63, 3.8) is 0 Å². The number of hydrogen-bond donors (Lipinski definition) is 2. The van der Waals surface area contributed by atoms with Crippen molar-refractivity contribution in [2.45, 2.75) is 67.2 Å². The number of aromatic nitrogens is 4. The van der Waals surface area contributed by atoms with Gasteiger partial charge in [0.2, 0.25) is 0 Å². The summed E-state index contributed by atoms with van der Waals surface area (Å²) < 4.78 is 0. The second kappa shape index (κ2) is 12.3. The van der Waals surface area contributed by atoms with Crippen molar-refractivity contribution in [2.75, 3.05) is 0 Å².